The minimum absolute atomic E-state index is 0.0324. The fourth-order valence-corrected chi connectivity index (χ4v) is 3.06. The first kappa shape index (κ1) is 20.0. The van der Waals surface area contributed by atoms with Crippen molar-refractivity contribution in [2.45, 2.75) is 0 Å². The van der Waals surface area contributed by atoms with Gasteiger partial charge in [-0.15, -0.1) is 23.5 Å². The summed E-state index contributed by atoms with van der Waals surface area (Å²) < 4.78 is 0. The molecule has 2 aromatic rings. The van der Waals surface area contributed by atoms with E-state index in [1.807, 2.05) is 60.7 Å². The number of hydrogen-bond donors (Lipinski definition) is 2. The number of amides is 2. The van der Waals surface area contributed by atoms with E-state index in [1.165, 1.54) is 23.5 Å². The SMILES string of the molecule is O=C(CSCC#CCSCC(=O)Nc1ccccc1)Nc1ccccc1. The van der Waals surface area contributed by atoms with Crippen LogP contribution in [-0.2, 0) is 9.59 Å². The zero-order valence-electron chi connectivity index (χ0n) is 14.2. The monoisotopic (exact) mass is 384 g/mol. The highest BCUT2D eigenvalue weighted by Gasteiger charge is 2.02. The molecule has 4 nitrogen and oxygen atoms in total. The fourth-order valence-electron chi connectivity index (χ4n) is 1.93. The normalized spacial score (nSPS) is 9.69. The van der Waals surface area contributed by atoms with Crippen molar-refractivity contribution in [1.82, 2.24) is 0 Å². The summed E-state index contributed by atoms with van der Waals surface area (Å²) in [4.78, 5) is 23.5. The van der Waals surface area contributed by atoms with Gasteiger partial charge in [0.25, 0.3) is 0 Å². The number of rotatable bonds is 8. The number of nitrogens with one attached hydrogen (secondary N) is 2. The Balaban J connectivity index is 1.51. The Morgan fingerprint density at radius 1 is 0.692 bits per heavy atom. The molecule has 0 saturated carbocycles. The smallest absolute Gasteiger partial charge is 0.234 e. The zero-order valence-corrected chi connectivity index (χ0v) is 15.9. The third-order valence-electron chi connectivity index (χ3n) is 3.05. The Kier molecular flexibility index (Phi) is 9.26. The van der Waals surface area contributed by atoms with E-state index in [4.69, 9.17) is 0 Å². The van der Waals surface area contributed by atoms with Crippen molar-refractivity contribution in [2.24, 2.45) is 0 Å². The first-order chi connectivity index (χ1) is 12.7. The summed E-state index contributed by atoms with van der Waals surface area (Å²) in [6.07, 6.45) is 0. The molecule has 0 heterocycles. The quantitative estimate of drug-likeness (QED) is 0.538. The zero-order chi connectivity index (χ0) is 18.5. The maximum Gasteiger partial charge on any atom is 0.234 e. The van der Waals surface area contributed by atoms with Crippen LogP contribution < -0.4 is 10.6 Å². The molecule has 26 heavy (non-hydrogen) atoms. The van der Waals surface area contributed by atoms with E-state index in [1.54, 1.807) is 0 Å². The highest BCUT2D eigenvalue weighted by atomic mass is 32.2. The second-order valence-electron chi connectivity index (χ2n) is 5.17. The van der Waals surface area contributed by atoms with Gasteiger partial charge in [0, 0.05) is 11.4 Å². The molecule has 0 unspecified atom stereocenters. The van der Waals surface area contributed by atoms with Crippen molar-refractivity contribution in [3.63, 3.8) is 0 Å². The average molecular weight is 385 g/mol. The molecule has 0 aliphatic rings. The van der Waals surface area contributed by atoms with Crippen molar-refractivity contribution in [2.75, 3.05) is 33.6 Å². The van der Waals surface area contributed by atoms with E-state index in [0.29, 0.717) is 23.0 Å². The molecule has 0 saturated heterocycles. The molecule has 2 amide bonds. The molecule has 0 fully saturated rings. The van der Waals surface area contributed by atoms with Gasteiger partial charge < -0.3 is 10.6 Å². The molecule has 2 aromatic carbocycles. The summed E-state index contributed by atoms with van der Waals surface area (Å²) in [5, 5.41) is 5.66. The molecule has 0 atom stereocenters. The number of para-hydroxylation sites is 2. The van der Waals surface area contributed by atoms with E-state index < -0.39 is 0 Å². The Hall–Kier alpha value is -2.36. The summed E-state index contributed by atoms with van der Waals surface area (Å²) in [6, 6.07) is 18.8. The van der Waals surface area contributed by atoms with Gasteiger partial charge in [-0.05, 0) is 24.3 Å². The van der Waals surface area contributed by atoms with Crippen molar-refractivity contribution in [3.05, 3.63) is 60.7 Å². The van der Waals surface area contributed by atoms with E-state index in [9.17, 15) is 9.59 Å². The van der Waals surface area contributed by atoms with E-state index >= 15 is 0 Å². The third-order valence-corrected chi connectivity index (χ3v) is 4.68. The minimum Gasteiger partial charge on any atom is -0.325 e. The van der Waals surface area contributed by atoms with Crippen LogP contribution in [0.15, 0.2) is 60.7 Å². The van der Waals surface area contributed by atoms with Crippen LogP contribution in [0.1, 0.15) is 0 Å². The molecule has 0 aromatic heterocycles. The van der Waals surface area contributed by atoms with Gasteiger partial charge in [-0.2, -0.15) is 0 Å². The Morgan fingerprint density at radius 3 is 1.46 bits per heavy atom. The number of carbonyl (C=O) groups is 2. The lowest BCUT2D eigenvalue weighted by molar-refractivity contribution is -0.114. The summed E-state index contributed by atoms with van der Waals surface area (Å²) in [5.74, 6) is 7.89. The van der Waals surface area contributed by atoms with Gasteiger partial charge >= 0.3 is 0 Å². The molecular formula is C20H20N2O2S2. The predicted octanol–water partition coefficient (Wildman–Crippen LogP) is 3.73. The number of thioether (sulfide) groups is 2. The van der Waals surface area contributed by atoms with Crippen molar-refractivity contribution < 1.29 is 9.59 Å². The Bertz CT molecular complexity index is 692. The van der Waals surface area contributed by atoms with Crippen molar-refractivity contribution >= 4 is 46.7 Å². The number of benzene rings is 2. The standard InChI is InChI=1S/C20H20N2O2S2/c23-19(21-17-9-3-1-4-10-17)15-25-13-7-8-14-26-16-20(24)22-18-11-5-2-6-12-18/h1-6,9-12H,13-16H2,(H,21,23)(H,22,24). The predicted molar refractivity (Wildman–Crippen MR) is 113 cm³/mol. The lowest BCUT2D eigenvalue weighted by atomic mass is 10.3. The van der Waals surface area contributed by atoms with Crippen LogP contribution in [0.5, 0.6) is 0 Å². The van der Waals surface area contributed by atoms with Gasteiger partial charge in [-0.25, -0.2) is 0 Å². The van der Waals surface area contributed by atoms with Crippen LogP contribution in [0.3, 0.4) is 0 Å². The molecule has 0 spiro atoms. The summed E-state index contributed by atoms with van der Waals surface area (Å²) in [5.41, 5.74) is 1.60. The topological polar surface area (TPSA) is 58.2 Å². The first-order valence-corrected chi connectivity index (χ1v) is 10.4. The maximum atomic E-state index is 11.7. The van der Waals surface area contributed by atoms with Gasteiger partial charge in [0.05, 0.1) is 23.0 Å². The fraction of sp³-hybridized carbons (Fsp3) is 0.200. The van der Waals surface area contributed by atoms with E-state index in [2.05, 4.69) is 22.5 Å². The van der Waals surface area contributed by atoms with Crippen LogP contribution >= 0.6 is 23.5 Å². The lowest BCUT2D eigenvalue weighted by Crippen LogP contribution is -2.14. The van der Waals surface area contributed by atoms with Crippen LogP contribution in [0, 0.1) is 11.8 Å². The lowest BCUT2D eigenvalue weighted by Gasteiger charge is -2.03. The molecule has 0 aliphatic carbocycles. The highest BCUT2D eigenvalue weighted by molar-refractivity contribution is 8.00. The highest BCUT2D eigenvalue weighted by Crippen LogP contribution is 2.08. The average Bonchev–Trinajstić information content (AvgIpc) is 2.65. The van der Waals surface area contributed by atoms with Gasteiger partial charge in [-0.3, -0.25) is 9.59 Å². The van der Waals surface area contributed by atoms with Crippen molar-refractivity contribution in [3.8, 4) is 11.8 Å². The number of hydrogen-bond acceptors (Lipinski definition) is 4. The Morgan fingerprint density at radius 2 is 1.08 bits per heavy atom. The second kappa shape index (κ2) is 12.1. The summed E-state index contributed by atoms with van der Waals surface area (Å²) >= 11 is 2.95. The summed E-state index contributed by atoms with van der Waals surface area (Å²) in [7, 11) is 0. The molecular weight excluding hydrogens is 364 g/mol. The van der Waals surface area contributed by atoms with Crippen LogP contribution in [0.25, 0.3) is 0 Å². The molecule has 2 rings (SSSR count). The molecule has 134 valence electrons. The van der Waals surface area contributed by atoms with Gasteiger partial charge in [0.2, 0.25) is 11.8 Å². The van der Waals surface area contributed by atoms with Crippen LogP contribution in [0.2, 0.25) is 0 Å². The van der Waals surface area contributed by atoms with Crippen LogP contribution in [-0.4, -0.2) is 34.8 Å². The Labute approximate surface area is 162 Å². The van der Waals surface area contributed by atoms with Gasteiger partial charge in [0.15, 0.2) is 0 Å². The maximum absolute atomic E-state index is 11.7. The molecule has 0 aliphatic heterocycles. The molecule has 2 N–H and O–H groups in total. The van der Waals surface area contributed by atoms with Crippen molar-refractivity contribution in [1.29, 1.82) is 0 Å². The number of carbonyl (C=O) groups excluding carboxylic acids is 2. The molecule has 0 bridgehead atoms. The van der Waals surface area contributed by atoms with Crippen LogP contribution in [0.4, 0.5) is 11.4 Å². The number of anilines is 2. The molecule has 0 radical (unpaired) electrons. The second-order valence-corrected chi connectivity index (χ2v) is 7.14. The molecule has 6 heteroatoms. The van der Waals surface area contributed by atoms with Gasteiger partial charge in [0.1, 0.15) is 0 Å². The van der Waals surface area contributed by atoms with E-state index in [0.717, 1.165) is 11.4 Å². The summed E-state index contributed by atoms with van der Waals surface area (Å²) in [6.45, 7) is 0. The minimum atomic E-state index is -0.0324. The van der Waals surface area contributed by atoms with Gasteiger partial charge in [-0.1, -0.05) is 48.2 Å². The first-order valence-electron chi connectivity index (χ1n) is 8.05. The van der Waals surface area contributed by atoms with E-state index in [-0.39, 0.29) is 11.8 Å². The largest absolute Gasteiger partial charge is 0.325 e. The third kappa shape index (κ3) is 8.65.